The van der Waals surface area contributed by atoms with Crippen molar-refractivity contribution in [2.24, 2.45) is 0 Å². The van der Waals surface area contributed by atoms with Gasteiger partial charge in [0.15, 0.2) is 9.84 Å². The molecule has 0 heterocycles. The fourth-order valence-electron chi connectivity index (χ4n) is 0.478. The van der Waals surface area contributed by atoms with E-state index in [0.29, 0.717) is 0 Å². The summed E-state index contributed by atoms with van der Waals surface area (Å²) in [5.74, 6) is -4.40. The van der Waals surface area contributed by atoms with Crippen molar-refractivity contribution in [1.82, 2.24) is 0 Å². The third-order valence-electron chi connectivity index (χ3n) is 0.909. The summed E-state index contributed by atoms with van der Waals surface area (Å²) < 4.78 is 25.5. The average Bonchev–Trinajstić information content (AvgIpc) is 1.83. The van der Waals surface area contributed by atoms with Crippen LogP contribution in [0.25, 0.3) is 0 Å². The van der Waals surface area contributed by atoms with Crippen molar-refractivity contribution in [2.45, 2.75) is 0 Å². The van der Waals surface area contributed by atoms with E-state index in [1.165, 1.54) is 0 Å². The van der Waals surface area contributed by atoms with Gasteiger partial charge >= 0.3 is 11.9 Å². The van der Waals surface area contributed by atoms with Gasteiger partial charge in [-0.15, -0.1) is 0 Å². The van der Waals surface area contributed by atoms with Crippen molar-refractivity contribution < 1.29 is 27.9 Å². The van der Waals surface area contributed by atoms with Crippen LogP contribution in [0.15, 0.2) is 0 Å². The molecule has 0 fully saturated rings. The predicted molar refractivity (Wildman–Crippen MR) is 38.3 cm³/mol. The molecule has 7 heteroatoms. The molecule has 0 atom stereocenters. The Bertz CT molecular complexity index is 276. The monoisotopic (exact) mass is 196 g/mol. The summed E-state index contributed by atoms with van der Waals surface area (Å²) >= 11 is 0. The summed E-state index contributed by atoms with van der Waals surface area (Å²) in [5.41, 5.74) is 0. The lowest BCUT2D eigenvalue weighted by atomic mass is 10.8. The van der Waals surface area contributed by atoms with Crippen LogP contribution in [0.3, 0.4) is 0 Å². The number of carboxylic acids is 1. The van der Waals surface area contributed by atoms with Gasteiger partial charge in [0.25, 0.3) is 0 Å². The van der Waals surface area contributed by atoms with Crippen molar-refractivity contribution in [3.8, 4) is 0 Å². The van der Waals surface area contributed by atoms with Crippen LogP contribution in [0.2, 0.25) is 0 Å². The van der Waals surface area contributed by atoms with Crippen LogP contribution in [0.4, 0.5) is 0 Å². The maximum atomic E-state index is 10.7. The van der Waals surface area contributed by atoms with Crippen molar-refractivity contribution in [3.63, 3.8) is 0 Å². The highest BCUT2D eigenvalue weighted by molar-refractivity contribution is 7.92. The number of methoxy groups -OCH3 is 1. The third kappa shape index (κ3) is 4.67. The van der Waals surface area contributed by atoms with Gasteiger partial charge in [0, 0.05) is 0 Å². The number of sulfone groups is 1. The number of carbonyl (C=O) groups is 2. The summed E-state index contributed by atoms with van der Waals surface area (Å²) in [5, 5.41) is 8.10. The lowest BCUT2D eigenvalue weighted by Gasteiger charge is -1.98. The van der Waals surface area contributed by atoms with E-state index in [4.69, 9.17) is 5.11 Å². The van der Waals surface area contributed by atoms with Gasteiger partial charge < -0.3 is 9.84 Å². The van der Waals surface area contributed by atoms with E-state index in [9.17, 15) is 18.0 Å². The number of rotatable bonds is 4. The minimum absolute atomic E-state index is 0.893. The Morgan fingerprint density at radius 3 is 2.17 bits per heavy atom. The van der Waals surface area contributed by atoms with Crippen LogP contribution in [-0.4, -0.2) is 44.1 Å². The number of aliphatic carboxylic acids is 1. The molecule has 0 aliphatic heterocycles. The first kappa shape index (κ1) is 10.9. The molecule has 0 unspecified atom stereocenters. The van der Waals surface area contributed by atoms with E-state index in [2.05, 4.69) is 4.74 Å². The minimum atomic E-state index is -3.87. The molecular formula is C5H8O6S. The van der Waals surface area contributed by atoms with Gasteiger partial charge in [-0.05, 0) is 0 Å². The van der Waals surface area contributed by atoms with Gasteiger partial charge in [0.05, 0.1) is 7.11 Å². The van der Waals surface area contributed by atoms with Gasteiger partial charge in [0.1, 0.15) is 11.5 Å². The summed E-state index contributed by atoms with van der Waals surface area (Å²) in [7, 11) is -2.84. The van der Waals surface area contributed by atoms with Crippen molar-refractivity contribution >= 4 is 21.8 Å². The Balaban J connectivity index is 4.25. The van der Waals surface area contributed by atoms with Crippen LogP contribution in [0, 0.1) is 0 Å². The zero-order valence-corrected chi connectivity index (χ0v) is 7.13. The topological polar surface area (TPSA) is 97.7 Å². The molecule has 0 aromatic heterocycles. The van der Waals surface area contributed by atoms with E-state index < -0.39 is 33.3 Å². The molecule has 0 aromatic carbocycles. The summed E-state index contributed by atoms with van der Waals surface area (Å²) in [6, 6.07) is 0. The molecule has 0 saturated carbocycles. The standard InChI is InChI=1S/C5H8O6S/c1-11-5(8)3-12(9,10)2-4(6)7/h2-3H2,1H3,(H,6,7). The first-order valence-electron chi connectivity index (χ1n) is 2.86. The average molecular weight is 196 g/mol. The van der Waals surface area contributed by atoms with Gasteiger partial charge in [0.2, 0.25) is 0 Å². The summed E-state index contributed by atoms with van der Waals surface area (Å²) in [4.78, 5) is 20.4. The summed E-state index contributed by atoms with van der Waals surface area (Å²) in [6.07, 6.45) is 0. The van der Waals surface area contributed by atoms with Gasteiger partial charge in [-0.2, -0.15) is 0 Å². The molecule has 70 valence electrons. The molecule has 0 saturated heterocycles. The highest BCUT2D eigenvalue weighted by atomic mass is 32.2. The fourth-order valence-corrected chi connectivity index (χ4v) is 1.43. The lowest BCUT2D eigenvalue weighted by molar-refractivity contribution is -0.137. The number of hydrogen-bond acceptors (Lipinski definition) is 5. The van der Waals surface area contributed by atoms with E-state index in [1.54, 1.807) is 0 Å². The molecule has 6 nitrogen and oxygen atoms in total. The second kappa shape index (κ2) is 4.05. The van der Waals surface area contributed by atoms with E-state index in [1.807, 2.05) is 0 Å². The summed E-state index contributed by atoms with van der Waals surface area (Å²) in [6.45, 7) is 0. The molecule has 0 bridgehead atoms. The zero-order chi connectivity index (χ0) is 9.78. The molecule has 0 aliphatic carbocycles. The second-order valence-corrected chi connectivity index (χ2v) is 4.07. The van der Waals surface area contributed by atoms with Crippen LogP contribution >= 0.6 is 0 Å². The molecule has 0 amide bonds. The van der Waals surface area contributed by atoms with E-state index in [0.717, 1.165) is 7.11 Å². The van der Waals surface area contributed by atoms with Crippen molar-refractivity contribution in [1.29, 1.82) is 0 Å². The SMILES string of the molecule is COC(=O)CS(=O)(=O)CC(=O)O. The molecule has 0 aromatic rings. The van der Waals surface area contributed by atoms with Gasteiger partial charge in [-0.25, -0.2) is 8.42 Å². The highest BCUT2D eigenvalue weighted by Crippen LogP contribution is 1.91. The second-order valence-electron chi connectivity index (χ2n) is 2.00. The maximum Gasteiger partial charge on any atom is 0.320 e. The van der Waals surface area contributed by atoms with Crippen LogP contribution in [0.5, 0.6) is 0 Å². The maximum absolute atomic E-state index is 10.7. The van der Waals surface area contributed by atoms with Gasteiger partial charge in [-0.1, -0.05) is 0 Å². The zero-order valence-electron chi connectivity index (χ0n) is 6.31. The Hall–Kier alpha value is -1.11. The number of esters is 1. The van der Waals surface area contributed by atoms with Crippen molar-refractivity contribution in [2.75, 3.05) is 18.6 Å². The normalized spacial score (nSPS) is 10.8. The molecular weight excluding hydrogens is 188 g/mol. The van der Waals surface area contributed by atoms with Crippen LogP contribution in [0.1, 0.15) is 0 Å². The van der Waals surface area contributed by atoms with E-state index >= 15 is 0 Å². The molecule has 0 rings (SSSR count). The van der Waals surface area contributed by atoms with E-state index in [-0.39, 0.29) is 0 Å². The minimum Gasteiger partial charge on any atom is -0.480 e. The Kier molecular flexibility index (Phi) is 3.68. The fraction of sp³-hybridized carbons (Fsp3) is 0.600. The number of hydrogen-bond donors (Lipinski definition) is 1. The first-order chi connectivity index (χ1) is 5.37. The molecule has 0 radical (unpaired) electrons. The van der Waals surface area contributed by atoms with Gasteiger partial charge in [-0.3, -0.25) is 9.59 Å². The number of ether oxygens (including phenoxy) is 1. The predicted octanol–water partition coefficient (Wildman–Crippen LogP) is -1.34. The molecule has 0 spiro atoms. The smallest absolute Gasteiger partial charge is 0.320 e. The molecule has 12 heavy (non-hydrogen) atoms. The Morgan fingerprint density at radius 1 is 1.33 bits per heavy atom. The number of carboxylic acid groups (broad SMARTS) is 1. The largest absolute Gasteiger partial charge is 0.480 e. The van der Waals surface area contributed by atoms with Crippen LogP contribution in [-0.2, 0) is 24.2 Å². The number of carbonyl (C=O) groups excluding carboxylic acids is 1. The Morgan fingerprint density at radius 2 is 1.83 bits per heavy atom. The first-order valence-corrected chi connectivity index (χ1v) is 4.68. The highest BCUT2D eigenvalue weighted by Gasteiger charge is 2.20. The lowest BCUT2D eigenvalue weighted by Crippen LogP contribution is -2.23. The third-order valence-corrected chi connectivity index (χ3v) is 2.27. The molecule has 0 aliphatic rings. The Labute approximate surface area is 69.1 Å². The van der Waals surface area contributed by atoms with Crippen molar-refractivity contribution in [3.05, 3.63) is 0 Å². The molecule has 1 N–H and O–H groups in total. The van der Waals surface area contributed by atoms with Crippen LogP contribution < -0.4 is 0 Å². The quantitative estimate of drug-likeness (QED) is 0.559.